The van der Waals surface area contributed by atoms with Crippen LogP contribution in [-0.4, -0.2) is 120 Å². The van der Waals surface area contributed by atoms with Crippen molar-refractivity contribution < 1.29 is 84.0 Å². The van der Waals surface area contributed by atoms with E-state index in [1.165, 1.54) is 32.9 Å². The molecule has 7 rings (SSSR count). The fraction of sp³-hybridized carbons (Fsp3) is 0.525. The Morgan fingerprint density at radius 1 is 0.789 bits per heavy atom. The van der Waals surface area contributed by atoms with E-state index in [0.29, 0.717) is 0 Å². The fourth-order valence-corrected chi connectivity index (χ4v) is 9.05. The molecule has 2 aromatic rings. The van der Waals surface area contributed by atoms with Gasteiger partial charge in [-0.2, -0.15) is 0 Å². The molecule has 57 heavy (non-hydrogen) atoms. The van der Waals surface area contributed by atoms with Crippen LogP contribution in [0.3, 0.4) is 0 Å². The van der Waals surface area contributed by atoms with Crippen LogP contribution in [0.2, 0.25) is 0 Å². The number of hydrogen-bond acceptors (Lipinski definition) is 17. The van der Waals surface area contributed by atoms with Crippen molar-refractivity contribution in [1.82, 2.24) is 0 Å². The van der Waals surface area contributed by atoms with Crippen molar-refractivity contribution in [3.63, 3.8) is 0 Å². The van der Waals surface area contributed by atoms with Crippen molar-refractivity contribution in [3.8, 4) is 34.1 Å². The number of carbonyl (C=O) groups excluding carboxylic acids is 3. The van der Waals surface area contributed by atoms with Gasteiger partial charge in [0.15, 0.2) is 52.4 Å². The van der Waals surface area contributed by atoms with E-state index in [-0.39, 0.29) is 39.8 Å². The van der Waals surface area contributed by atoms with Gasteiger partial charge in [-0.1, -0.05) is 20.8 Å². The predicted molar refractivity (Wildman–Crippen MR) is 193 cm³/mol. The molecule has 12 atom stereocenters. The van der Waals surface area contributed by atoms with E-state index in [4.69, 9.17) is 23.7 Å². The van der Waals surface area contributed by atoms with Crippen molar-refractivity contribution in [1.29, 1.82) is 0 Å². The van der Waals surface area contributed by atoms with Gasteiger partial charge in [0, 0.05) is 23.5 Å². The molecule has 3 aliphatic heterocycles. The highest BCUT2D eigenvalue weighted by molar-refractivity contribution is 6.19. The zero-order chi connectivity index (χ0) is 42.0. The Hall–Kier alpha value is -4.75. The summed E-state index contributed by atoms with van der Waals surface area (Å²) in [5, 5.41) is 101. The molecule has 2 aromatic carbocycles. The number of phenolic OH excluding ortho intramolecular Hbond substituents is 2. The lowest BCUT2D eigenvalue weighted by Crippen LogP contribution is -2.60. The molecule has 0 radical (unpaired) electrons. The lowest BCUT2D eigenvalue weighted by molar-refractivity contribution is -0.299. The minimum Gasteiger partial charge on any atom is -0.509 e. The van der Waals surface area contributed by atoms with Crippen LogP contribution in [0.4, 0.5) is 0 Å². The minimum absolute atomic E-state index is 0.0992. The molecule has 3 heterocycles. The number of ether oxygens (including phenoxy) is 5. The van der Waals surface area contributed by atoms with Crippen LogP contribution in [0, 0.1) is 42.4 Å². The molecule has 1 fully saturated rings. The maximum absolute atomic E-state index is 14.7. The smallest absolute Gasteiger partial charge is 0.330 e. The SMILES string of the molecule is COC(=O)[C@@]12C(=O)c3cc(C)c(-c4c(C)cc5c(c4O)OC4=C(O)C[C@@H](C)[C@@H](O)[C@@]4(COC4OC(C)C(O)C(O)C4O)C5=O)c(O)c3OC1=C(O)[C@H](C)[C@@H](C)[C@@H]2O. The van der Waals surface area contributed by atoms with Crippen molar-refractivity contribution in [2.45, 2.75) is 90.9 Å². The van der Waals surface area contributed by atoms with Crippen LogP contribution >= 0.6 is 0 Å². The monoisotopic (exact) mass is 798 g/mol. The second-order valence-corrected chi connectivity index (χ2v) is 15.9. The quantitative estimate of drug-likeness (QED) is 0.155. The number of hydrogen-bond donors (Lipinski definition) is 9. The number of methoxy groups -OCH3 is 1. The summed E-state index contributed by atoms with van der Waals surface area (Å²) in [4.78, 5) is 42.4. The molecule has 0 spiro atoms. The van der Waals surface area contributed by atoms with Crippen molar-refractivity contribution in [3.05, 3.63) is 57.4 Å². The Balaban J connectivity index is 1.35. The van der Waals surface area contributed by atoms with Gasteiger partial charge in [-0.25, -0.2) is 0 Å². The van der Waals surface area contributed by atoms with E-state index >= 15 is 0 Å². The number of aryl methyl sites for hydroxylation is 2. The average Bonchev–Trinajstić information content (AvgIpc) is 3.17. The molecule has 5 unspecified atom stereocenters. The van der Waals surface area contributed by atoms with Crippen LogP contribution in [0.1, 0.15) is 66.0 Å². The number of Topliss-reactive ketones (excluding diaryl/α,β-unsaturated/α-hetero) is 2. The first-order chi connectivity index (χ1) is 26.7. The van der Waals surface area contributed by atoms with E-state index in [2.05, 4.69) is 0 Å². The number of rotatable bonds is 5. The summed E-state index contributed by atoms with van der Waals surface area (Å²) in [6, 6.07) is 2.60. The fourth-order valence-electron chi connectivity index (χ4n) is 9.05. The van der Waals surface area contributed by atoms with Gasteiger partial charge >= 0.3 is 5.97 Å². The van der Waals surface area contributed by atoms with Gasteiger partial charge in [-0.15, -0.1) is 0 Å². The second kappa shape index (κ2) is 13.7. The molecular formula is C40H46O17. The lowest BCUT2D eigenvalue weighted by Gasteiger charge is -2.47. The summed E-state index contributed by atoms with van der Waals surface area (Å²) in [7, 11) is 1.01. The third-order valence-electron chi connectivity index (χ3n) is 12.6. The number of aliphatic hydroxyl groups excluding tert-OH is 7. The van der Waals surface area contributed by atoms with Crippen molar-refractivity contribution >= 4 is 17.5 Å². The van der Waals surface area contributed by atoms with E-state index in [0.717, 1.165) is 7.11 Å². The average molecular weight is 799 g/mol. The summed E-state index contributed by atoms with van der Waals surface area (Å²) in [5.74, 6) is -9.79. The Morgan fingerprint density at radius 2 is 1.33 bits per heavy atom. The summed E-state index contributed by atoms with van der Waals surface area (Å²) in [6.45, 7) is 8.35. The first kappa shape index (κ1) is 40.4. The van der Waals surface area contributed by atoms with Crippen LogP contribution in [-0.2, 0) is 19.0 Å². The van der Waals surface area contributed by atoms with Crippen LogP contribution in [0.25, 0.3) is 11.1 Å². The molecule has 17 nitrogen and oxygen atoms in total. The van der Waals surface area contributed by atoms with Gasteiger partial charge in [0.2, 0.25) is 5.41 Å². The lowest BCUT2D eigenvalue weighted by atomic mass is 9.62. The molecule has 1 saturated heterocycles. The number of aliphatic hydroxyl groups is 7. The van der Waals surface area contributed by atoms with E-state index < -0.39 is 142 Å². The highest BCUT2D eigenvalue weighted by Crippen LogP contribution is 2.60. The van der Waals surface area contributed by atoms with E-state index in [1.807, 2.05) is 0 Å². The topological polar surface area (TPSA) is 279 Å². The number of phenols is 2. The van der Waals surface area contributed by atoms with Gasteiger partial charge in [0.1, 0.15) is 35.2 Å². The Bertz CT molecular complexity index is 2160. The van der Waals surface area contributed by atoms with Crippen molar-refractivity contribution in [2.24, 2.45) is 28.6 Å². The predicted octanol–water partition coefficient (Wildman–Crippen LogP) is 2.11. The molecule has 0 saturated carbocycles. The van der Waals surface area contributed by atoms with Crippen LogP contribution in [0.15, 0.2) is 35.2 Å². The third kappa shape index (κ3) is 5.29. The zero-order valence-electron chi connectivity index (χ0n) is 32.1. The first-order valence-corrected chi connectivity index (χ1v) is 18.5. The largest absolute Gasteiger partial charge is 0.509 e. The maximum atomic E-state index is 14.7. The molecule has 0 amide bonds. The normalized spacial score (nSPS) is 36.1. The highest BCUT2D eigenvalue weighted by Gasteiger charge is 2.67. The molecule has 0 aromatic heterocycles. The van der Waals surface area contributed by atoms with E-state index in [9.17, 15) is 60.3 Å². The van der Waals surface area contributed by atoms with E-state index in [1.54, 1.807) is 20.8 Å². The summed E-state index contributed by atoms with van der Waals surface area (Å²) < 4.78 is 28.5. The Labute approximate surface area is 325 Å². The Morgan fingerprint density at radius 3 is 1.89 bits per heavy atom. The molecule has 0 bridgehead atoms. The molecule has 9 N–H and O–H groups in total. The van der Waals surface area contributed by atoms with Gasteiger partial charge < -0.3 is 69.6 Å². The number of fused-ring (bicyclic) bond motifs is 4. The number of carbonyl (C=O) groups is 3. The summed E-state index contributed by atoms with van der Waals surface area (Å²) in [5.41, 5.74) is -5.10. The first-order valence-electron chi connectivity index (χ1n) is 18.5. The van der Waals surface area contributed by atoms with Crippen LogP contribution in [0.5, 0.6) is 23.0 Å². The molecular weight excluding hydrogens is 752 g/mol. The highest BCUT2D eigenvalue weighted by atomic mass is 16.7. The third-order valence-corrected chi connectivity index (χ3v) is 12.6. The second-order valence-electron chi connectivity index (χ2n) is 15.9. The number of ketones is 2. The van der Waals surface area contributed by atoms with Gasteiger partial charge in [0.05, 0.1) is 43.2 Å². The summed E-state index contributed by atoms with van der Waals surface area (Å²) in [6.07, 6.45) is -10.8. The Kier molecular flexibility index (Phi) is 9.71. The standard InChI is InChI=1S/C40H46O17/c1-12-8-18-29(56-35-20(41)10-14(3)31(48)39(35,33(18)50)11-54-37-28(47)27(46)24(43)17(6)55-37)25(44)21(12)22-13(2)9-19-30(26(22)45)57-36-23(42)15(4)16(5)32(49)40(36,34(19)51)38(52)53-7/h8-9,14-17,24,27-28,31-32,37,41-49H,10-11H2,1-7H3/t14-,15-,16-,17?,24?,27?,28?,31-,32+,37?,39+,40+/m1/s1. The zero-order valence-corrected chi connectivity index (χ0v) is 32.1. The van der Waals surface area contributed by atoms with Gasteiger partial charge in [0.25, 0.3) is 0 Å². The summed E-state index contributed by atoms with van der Waals surface area (Å²) >= 11 is 0. The van der Waals surface area contributed by atoms with Gasteiger partial charge in [-0.05, 0) is 55.9 Å². The molecule has 17 heteroatoms. The number of allylic oxidation sites excluding steroid dienone is 2. The number of benzene rings is 2. The van der Waals surface area contributed by atoms with Gasteiger partial charge in [-0.3, -0.25) is 14.4 Å². The van der Waals surface area contributed by atoms with Crippen LogP contribution < -0.4 is 9.47 Å². The maximum Gasteiger partial charge on any atom is 0.330 e. The minimum atomic E-state index is -2.50. The number of aromatic hydroxyl groups is 2. The molecule has 5 aliphatic rings. The number of esters is 1. The molecule has 2 aliphatic carbocycles. The van der Waals surface area contributed by atoms with Crippen molar-refractivity contribution in [2.75, 3.05) is 13.7 Å². The molecule has 308 valence electrons.